The normalized spacial score (nSPS) is 12.5. The summed E-state index contributed by atoms with van der Waals surface area (Å²) >= 11 is 0. The van der Waals surface area contributed by atoms with Gasteiger partial charge in [-0.15, -0.1) is 0 Å². The molecule has 0 saturated carbocycles. The van der Waals surface area contributed by atoms with Gasteiger partial charge < -0.3 is 15.2 Å². The number of aliphatic hydroxyl groups excluding tert-OH is 1. The van der Waals surface area contributed by atoms with E-state index in [-0.39, 0.29) is 18.6 Å². The first-order valence-corrected chi connectivity index (χ1v) is 7.28. The Labute approximate surface area is 126 Å². The molecule has 2 aromatic carbocycles. The number of rotatable bonds is 8. The van der Waals surface area contributed by atoms with Gasteiger partial charge in [-0.05, 0) is 11.1 Å². The Bertz CT molecular complexity index is 462. The predicted molar refractivity (Wildman–Crippen MR) is 85.5 cm³/mol. The van der Waals surface area contributed by atoms with Crippen LogP contribution >= 0.6 is 0 Å². The molecule has 0 aliphatic rings. The number of methoxy groups -OCH3 is 1. The van der Waals surface area contributed by atoms with Crippen LogP contribution in [0.3, 0.4) is 0 Å². The van der Waals surface area contributed by atoms with Crippen molar-refractivity contribution < 1.29 is 9.84 Å². The molecule has 2 rings (SSSR count). The van der Waals surface area contributed by atoms with Crippen molar-refractivity contribution >= 4 is 0 Å². The van der Waals surface area contributed by atoms with Crippen LogP contribution in [0.25, 0.3) is 0 Å². The Balaban J connectivity index is 2.13. The minimum absolute atomic E-state index is 0.0371. The van der Waals surface area contributed by atoms with Crippen molar-refractivity contribution in [3.63, 3.8) is 0 Å². The van der Waals surface area contributed by atoms with E-state index < -0.39 is 0 Å². The van der Waals surface area contributed by atoms with Gasteiger partial charge in [0.05, 0.1) is 19.3 Å². The predicted octanol–water partition coefficient (Wildman–Crippen LogP) is 2.42. The van der Waals surface area contributed by atoms with E-state index in [1.165, 1.54) is 11.1 Å². The topological polar surface area (TPSA) is 41.5 Å². The van der Waals surface area contributed by atoms with Crippen LogP contribution in [0, 0.1) is 0 Å². The van der Waals surface area contributed by atoms with E-state index in [0.29, 0.717) is 6.61 Å². The third kappa shape index (κ3) is 4.67. The van der Waals surface area contributed by atoms with Crippen molar-refractivity contribution in [1.29, 1.82) is 0 Å². The summed E-state index contributed by atoms with van der Waals surface area (Å²) in [7, 11) is 1.65. The van der Waals surface area contributed by atoms with Crippen LogP contribution in [0.1, 0.15) is 17.0 Å². The van der Waals surface area contributed by atoms with E-state index in [2.05, 4.69) is 53.8 Å². The molecule has 0 saturated heterocycles. The van der Waals surface area contributed by atoms with Crippen LogP contribution in [0.15, 0.2) is 60.7 Å². The highest BCUT2D eigenvalue weighted by molar-refractivity contribution is 5.32. The van der Waals surface area contributed by atoms with Crippen LogP contribution in [0.2, 0.25) is 0 Å². The van der Waals surface area contributed by atoms with Crippen LogP contribution in [-0.2, 0) is 4.74 Å². The summed E-state index contributed by atoms with van der Waals surface area (Å²) in [4.78, 5) is 0. The molecule has 3 heteroatoms. The average molecular weight is 285 g/mol. The SMILES string of the molecule is COCC(CO)NCC(c1ccccc1)c1ccccc1. The Morgan fingerprint density at radius 1 is 0.952 bits per heavy atom. The van der Waals surface area contributed by atoms with Gasteiger partial charge in [-0.25, -0.2) is 0 Å². The number of aliphatic hydroxyl groups is 1. The van der Waals surface area contributed by atoms with Gasteiger partial charge in [0.15, 0.2) is 0 Å². The summed E-state index contributed by atoms with van der Waals surface area (Å²) < 4.78 is 5.12. The zero-order valence-electron chi connectivity index (χ0n) is 12.4. The molecule has 112 valence electrons. The highest BCUT2D eigenvalue weighted by Gasteiger charge is 2.15. The monoisotopic (exact) mass is 285 g/mol. The van der Waals surface area contributed by atoms with Crippen molar-refractivity contribution in [2.45, 2.75) is 12.0 Å². The summed E-state index contributed by atoms with van der Waals surface area (Å²) in [6, 6.07) is 20.8. The molecule has 0 heterocycles. The minimum Gasteiger partial charge on any atom is -0.395 e. The Morgan fingerprint density at radius 3 is 1.90 bits per heavy atom. The first kappa shape index (κ1) is 15.7. The highest BCUT2D eigenvalue weighted by Crippen LogP contribution is 2.23. The maximum Gasteiger partial charge on any atom is 0.0638 e. The summed E-state index contributed by atoms with van der Waals surface area (Å²) in [6.07, 6.45) is 0. The first-order valence-electron chi connectivity index (χ1n) is 7.28. The quantitative estimate of drug-likeness (QED) is 0.782. The maximum atomic E-state index is 9.37. The van der Waals surface area contributed by atoms with E-state index in [1.807, 2.05) is 12.1 Å². The summed E-state index contributed by atoms with van der Waals surface area (Å²) in [5.74, 6) is 0.262. The lowest BCUT2D eigenvalue weighted by atomic mass is 9.91. The Kier molecular flexibility index (Phi) is 6.41. The van der Waals surface area contributed by atoms with Gasteiger partial charge in [-0.2, -0.15) is 0 Å². The number of ether oxygens (including phenoxy) is 1. The van der Waals surface area contributed by atoms with E-state index in [1.54, 1.807) is 7.11 Å². The second kappa shape index (κ2) is 8.57. The van der Waals surface area contributed by atoms with Gasteiger partial charge >= 0.3 is 0 Å². The lowest BCUT2D eigenvalue weighted by Gasteiger charge is -2.22. The second-order valence-corrected chi connectivity index (χ2v) is 5.12. The van der Waals surface area contributed by atoms with Crippen molar-refractivity contribution in [1.82, 2.24) is 5.32 Å². The molecule has 0 aliphatic carbocycles. The van der Waals surface area contributed by atoms with Crippen LogP contribution in [-0.4, -0.2) is 38.0 Å². The summed E-state index contributed by atoms with van der Waals surface area (Å²) in [5.41, 5.74) is 2.54. The third-order valence-electron chi connectivity index (χ3n) is 3.60. The molecular formula is C18H23NO2. The first-order chi connectivity index (χ1) is 10.3. The zero-order valence-corrected chi connectivity index (χ0v) is 12.4. The van der Waals surface area contributed by atoms with E-state index in [0.717, 1.165) is 6.54 Å². The van der Waals surface area contributed by atoms with Gasteiger partial charge in [0.1, 0.15) is 0 Å². The largest absolute Gasteiger partial charge is 0.395 e. The molecule has 3 nitrogen and oxygen atoms in total. The van der Waals surface area contributed by atoms with Crippen molar-refractivity contribution in [2.24, 2.45) is 0 Å². The standard InChI is InChI=1S/C18H23NO2/c1-21-14-17(13-20)19-12-18(15-8-4-2-5-9-15)16-10-6-3-7-11-16/h2-11,17-20H,12-14H2,1H3. The number of benzene rings is 2. The Hall–Kier alpha value is -1.68. The number of hydrogen-bond donors (Lipinski definition) is 2. The molecule has 2 aromatic rings. The van der Waals surface area contributed by atoms with E-state index in [4.69, 9.17) is 4.74 Å². The molecule has 0 fully saturated rings. The molecule has 0 spiro atoms. The van der Waals surface area contributed by atoms with Crippen LogP contribution < -0.4 is 5.32 Å². The zero-order chi connectivity index (χ0) is 14.9. The fraction of sp³-hybridized carbons (Fsp3) is 0.333. The van der Waals surface area contributed by atoms with Crippen molar-refractivity contribution in [3.05, 3.63) is 71.8 Å². The Morgan fingerprint density at radius 2 is 1.48 bits per heavy atom. The molecule has 0 radical (unpaired) electrons. The lowest BCUT2D eigenvalue weighted by Crippen LogP contribution is -2.39. The van der Waals surface area contributed by atoms with Crippen LogP contribution in [0.5, 0.6) is 0 Å². The smallest absolute Gasteiger partial charge is 0.0638 e. The molecular weight excluding hydrogens is 262 g/mol. The molecule has 2 N–H and O–H groups in total. The van der Waals surface area contributed by atoms with Gasteiger partial charge in [-0.1, -0.05) is 60.7 Å². The van der Waals surface area contributed by atoms with Gasteiger partial charge in [0.2, 0.25) is 0 Å². The molecule has 21 heavy (non-hydrogen) atoms. The summed E-state index contributed by atoms with van der Waals surface area (Å²) in [5, 5.41) is 12.8. The van der Waals surface area contributed by atoms with Crippen molar-refractivity contribution in [2.75, 3.05) is 26.9 Å². The lowest BCUT2D eigenvalue weighted by molar-refractivity contribution is 0.128. The fourth-order valence-electron chi connectivity index (χ4n) is 2.46. The highest BCUT2D eigenvalue weighted by atomic mass is 16.5. The molecule has 0 aromatic heterocycles. The van der Waals surface area contributed by atoms with Gasteiger partial charge in [0, 0.05) is 19.6 Å². The van der Waals surface area contributed by atoms with E-state index >= 15 is 0 Å². The minimum atomic E-state index is -0.0371. The molecule has 1 unspecified atom stereocenters. The maximum absolute atomic E-state index is 9.37. The molecule has 1 atom stereocenters. The van der Waals surface area contributed by atoms with Crippen molar-refractivity contribution in [3.8, 4) is 0 Å². The number of nitrogens with one attached hydrogen (secondary N) is 1. The van der Waals surface area contributed by atoms with Crippen LogP contribution in [0.4, 0.5) is 0 Å². The summed E-state index contributed by atoms with van der Waals surface area (Å²) in [6.45, 7) is 1.35. The molecule has 0 aliphatic heterocycles. The average Bonchev–Trinajstić information content (AvgIpc) is 2.56. The molecule has 0 bridgehead atoms. The fourth-order valence-corrected chi connectivity index (χ4v) is 2.46. The van der Waals surface area contributed by atoms with E-state index in [9.17, 15) is 5.11 Å². The molecule has 0 amide bonds. The van der Waals surface area contributed by atoms with Gasteiger partial charge in [0.25, 0.3) is 0 Å². The third-order valence-corrected chi connectivity index (χ3v) is 3.60. The number of hydrogen-bond acceptors (Lipinski definition) is 3. The van der Waals surface area contributed by atoms with Gasteiger partial charge in [-0.3, -0.25) is 0 Å². The second-order valence-electron chi connectivity index (χ2n) is 5.12.